The number of anilines is 2. The summed E-state index contributed by atoms with van der Waals surface area (Å²) >= 11 is 0. The number of carbonyl (C=O) groups is 2. The third-order valence-electron chi connectivity index (χ3n) is 5.16. The van der Waals surface area contributed by atoms with Gasteiger partial charge in [-0.05, 0) is 43.2 Å². The molecule has 9 heteroatoms. The van der Waals surface area contributed by atoms with Crippen LogP contribution in [-0.4, -0.2) is 52.1 Å². The summed E-state index contributed by atoms with van der Waals surface area (Å²) < 4.78 is 6.44. The van der Waals surface area contributed by atoms with Crippen LogP contribution in [0.4, 0.5) is 11.5 Å². The minimum atomic E-state index is -0.474. The van der Waals surface area contributed by atoms with E-state index in [4.69, 9.17) is 4.74 Å². The number of nitrogens with one attached hydrogen (secondary N) is 1. The smallest absolute Gasteiger partial charge is 0.339 e. The van der Waals surface area contributed by atoms with Gasteiger partial charge in [-0.15, -0.1) is 10.2 Å². The Kier molecular flexibility index (Phi) is 5.69. The maximum Gasteiger partial charge on any atom is 0.339 e. The van der Waals surface area contributed by atoms with Gasteiger partial charge in [0.05, 0.1) is 18.4 Å². The Morgan fingerprint density at radius 1 is 1.03 bits per heavy atom. The number of para-hydroxylation sites is 1. The van der Waals surface area contributed by atoms with Crippen molar-refractivity contribution in [3.05, 3.63) is 60.4 Å². The lowest BCUT2D eigenvalue weighted by molar-refractivity contribution is -0.120. The van der Waals surface area contributed by atoms with Crippen molar-refractivity contribution >= 4 is 23.4 Å². The molecule has 1 amide bonds. The van der Waals surface area contributed by atoms with E-state index < -0.39 is 5.97 Å². The molecule has 1 fully saturated rings. The number of piperidine rings is 1. The average Bonchev–Trinajstić information content (AvgIpc) is 3.34. The van der Waals surface area contributed by atoms with E-state index in [0.717, 1.165) is 5.82 Å². The lowest BCUT2D eigenvalue weighted by Crippen LogP contribution is -2.38. The highest BCUT2D eigenvalue weighted by Crippen LogP contribution is 2.24. The van der Waals surface area contributed by atoms with Crippen LogP contribution in [-0.2, 0) is 9.53 Å². The van der Waals surface area contributed by atoms with Gasteiger partial charge in [0.15, 0.2) is 11.6 Å². The van der Waals surface area contributed by atoms with E-state index in [1.54, 1.807) is 35.1 Å². The fourth-order valence-corrected chi connectivity index (χ4v) is 3.50. The fourth-order valence-electron chi connectivity index (χ4n) is 3.50. The second kappa shape index (κ2) is 8.73. The highest BCUT2D eigenvalue weighted by molar-refractivity contribution is 6.01. The number of hydrogen-bond acceptors (Lipinski definition) is 7. The normalized spacial score (nSPS) is 14.4. The molecule has 1 aliphatic rings. The second-order valence-corrected chi connectivity index (χ2v) is 6.99. The van der Waals surface area contributed by atoms with Crippen molar-refractivity contribution in [1.82, 2.24) is 20.0 Å². The predicted molar refractivity (Wildman–Crippen MR) is 111 cm³/mol. The third-order valence-corrected chi connectivity index (χ3v) is 5.16. The van der Waals surface area contributed by atoms with Gasteiger partial charge >= 0.3 is 5.97 Å². The van der Waals surface area contributed by atoms with Gasteiger partial charge in [-0.1, -0.05) is 12.1 Å². The van der Waals surface area contributed by atoms with Crippen LogP contribution in [0.5, 0.6) is 0 Å². The lowest BCUT2D eigenvalue weighted by atomic mass is 9.95. The van der Waals surface area contributed by atoms with Crippen LogP contribution in [0.1, 0.15) is 23.2 Å². The Morgan fingerprint density at radius 2 is 1.77 bits per heavy atom. The molecule has 0 unspecified atom stereocenters. The van der Waals surface area contributed by atoms with Crippen LogP contribution in [0.25, 0.3) is 5.82 Å². The number of hydrogen-bond donors (Lipinski definition) is 1. The number of ether oxygens (including phenoxy) is 1. The Hall–Kier alpha value is -3.75. The molecule has 0 radical (unpaired) electrons. The Morgan fingerprint density at radius 3 is 2.43 bits per heavy atom. The van der Waals surface area contributed by atoms with Gasteiger partial charge in [0.25, 0.3) is 0 Å². The minimum absolute atomic E-state index is 0.0916. The average molecular weight is 406 g/mol. The summed E-state index contributed by atoms with van der Waals surface area (Å²) in [6.45, 7) is 1.40. The zero-order valence-corrected chi connectivity index (χ0v) is 16.6. The van der Waals surface area contributed by atoms with Crippen molar-refractivity contribution in [2.75, 3.05) is 30.4 Å². The van der Waals surface area contributed by atoms with E-state index >= 15 is 0 Å². The number of rotatable bonds is 5. The van der Waals surface area contributed by atoms with E-state index in [2.05, 4.69) is 25.5 Å². The number of benzene rings is 1. The van der Waals surface area contributed by atoms with E-state index in [-0.39, 0.29) is 11.8 Å². The minimum Gasteiger partial charge on any atom is -0.465 e. The van der Waals surface area contributed by atoms with E-state index in [1.165, 1.54) is 7.11 Å². The van der Waals surface area contributed by atoms with Gasteiger partial charge in [-0.25, -0.2) is 9.48 Å². The van der Waals surface area contributed by atoms with Crippen LogP contribution in [0.3, 0.4) is 0 Å². The lowest BCUT2D eigenvalue weighted by Gasteiger charge is -2.31. The molecule has 0 saturated carbocycles. The molecule has 0 bridgehead atoms. The predicted octanol–water partition coefficient (Wildman–Crippen LogP) is 2.30. The number of esters is 1. The van der Waals surface area contributed by atoms with Crippen LogP contribution >= 0.6 is 0 Å². The molecular weight excluding hydrogens is 384 g/mol. The molecule has 1 aliphatic heterocycles. The van der Waals surface area contributed by atoms with Gasteiger partial charge in [-0.3, -0.25) is 4.79 Å². The van der Waals surface area contributed by atoms with E-state index in [1.807, 2.05) is 24.4 Å². The fraction of sp³-hybridized carbons (Fsp3) is 0.286. The zero-order chi connectivity index (χ0) is 20.9. The number of amides is 1. The molecule has 1 aromatic carbocycles. The molecule has 3 heterocycles. The number of nitrogens with zero attached hydrogens (tertiary/aromatic N) is 5. The molecule has 4 rings (SSSR count). The first-order valence-electron chi connectivity index (χ1n) is 9.72. The first-order chi connectivity index (χ1) is 14.7. The summed E-state index contributed by atoms with van der Waals surface area (Å²) in [7, 11) is 1.32. The van der Waals surface area contributed by atoms with E-state index in [9.17, 15) is 9.59 Å². The second-order valence-electron chi connectivity index (χ2n) is 6.99. The topological polar surface area (TPSA) is 102 Å². The third kappa shape index (κ3) is 4.14. The maximum atomic E-state index is 12.7. The first-order valence-corrected chi connectivity index (χ1v) is 9.72. The molecule has 0 aliphatic carbocycles. The SMILES string of the molecule is COC(=O)c1ccccc1NC(=O)C1CCN(c2ccc(-n3cccn3)nn2)CC1. The Balaban J connectivity index is 1.36. The molecule has 0 spiro atoms. The number of carbonyl (C=O) groups excluding carboxylic acids is 2. The quantitative estimate of drug-likeness (QED) is 0.649. The molecule has 1 N–H and O–H groups in total. The molecular formula is C21H22N6O3. The monoisotopic (exact) mass is 406 g/mol. The molecule has 2 aromatic heterocycles. The molecule has 1 saturated heterocycles. The number of methoxy groups -OCH3 is 1. The highest BCUT2D eigenvalue weighted by atomic mass is 16.5. The molecule has 30 heavy (non-hydrogen) atoms. The highest BCUT2D eigenvalue weighted by Gasteiger charge is 2.26. The Bertz CT molecular complexity index is 1010. The summed E-state index contributed by atoms with van der Waals surface area (Å²) in [5, 5.41) is 15.5. The molecule has 3 aromatic rings. The maximum absolute atomic E-state index is 12.7. The zero-order valence-electron chi connectivity index (χ0n) is 16.6. The van der Waals surface area contributed by atoms with Crippen LogP contribution in [0, 0.1) is 5.92 Å². The largest absolute Gasteiger partial charge is 0.465 e. The summed E-state index contributed by atoms with van der Waals surface area (Å²) in [4.78, 5) is 26.7. The standard InChI is InChI=1S/C21H22N6O3/c1-30-21(29)16-5-2-3-6-17(16)23-20(28)15-9-13-26(14-10-15)18-7-8-19(25-24-18)27-12-4-11-22-27/h2-8,11-12,15H,9-10,13-14H2,1H3,(H,23,28). The van der Waals surface area contributed by atoms with Crippen molar-refractivity contribution in [2.45, 2.75) is 12.8 Å². The van der Waals surface area contributed by atoms with Crippen molar-refractivity contribution < 1.29 is 14.3 Å². The van der Waals surface area contributed by atoms with Crippen molar-refractivity contribution in [1.29, 1.82) is 0 Å². The van der Waals surface area contributed by atoms with Gasteiger partial charge in [0.1, 0.15) is 0 Å². The number of aromatic nitrogens is 4. The summed E-state index contributed by atoms with van der Waals surface area (Å²) in [5.74, 6) is 0.732. The van der Waals surface area contributed by atoms with Crippen molar-refractivity contribution in [3.8, 4) is 5.82 Å². The van der Waals surface area contributed by atoms with Crippen LogP contribution < -0.4 is 10.2 Å². The van der Waals surface area contributed by atoms with Gasteiger partial charge in [0.2, 0.25) is 5.91 Å². The molecule has 9 nitrogen and oxygen atoms in total. The van der Waals surface area contributed by atoms with E-state index in [0.29, 0.717) is 43.0 Å². The summed E-state index contributed by atoms with van der Waals surface area (Å²) in [6.07, 6.45) is 4.88. The first kappa shape index (κ1) is 19.6. The van der Waals surface area contributed by atoms with Crippen LogP contribution in [0.15, 0.2) is 54.9 Å². The van der Waals surface area contributed by atoms with Crippen molar-refractivity contribution in [2.24, 2.45) is 5.92 Å². The summed E-state index contributed by atoms with van der Waals surface area (Å²) in [5.41, 5.74) is 0.815. The van der Waals surface area contributed by atoms with Gasteiger partial charge < -0.3 is 15.0 Å². The van der Waals surface area contributed by atoms with Crippen LogP contribution in [0.2, 0.25) is 0 Å². The van der Waals surface area contributed by atoms with Gasteiger partial charge in [-0.2, -0.15) is 5.10 Å². The van der Waals surface area contributed by atoms with Crippen molar-refractivity contribution in [3.63, 3.8) is 0 Å². The molecule has 0 atom stereocenters. The molecule has 154 valence electrons. The summed E-state index contributed by atoms with van der Waals surface area (Å²) in [6, 6.07) is 12.5. The Labute approximate surface area is 173 Å². The van der Waals surface area contributed by atoms with Gasteiger partial charge in [0, 0.05) is 31.4 Å².